The molecule has 1 fully saturated rings. The maximum Gasteiger partial charge on any atom is 0.222 e. The number of carbonyl (C=O) groups excluding carboxylic acids is 1. The summed E-state index contributed by atoms with van der Waals surface area (Å²) in [5.41, 5.74) is 7.58. The van der Waals surface area contributed by atoms with E-state index < -0.39 is 0 Å². The van der Waals surface area contributed by atoms with Gasteiger partial charge in [-0.3, -0.25) is 4.79 Å². The van der Waals surface area contributed by atoms with E-state index in [4.69, 9.17) is 5.73 Å². The molecule has 1 saturated heterocycles. The lowest BCUT2D eigenvalue weighted by atomic mass is 10.1. The van der Waals surface area contributed by atoms with Gasteiger partial charge < -0.3 is 10.6 Å². The van der Waals surface area contributed by atoms with Crippen molar-refractivity contribution in [1.82, 2.24) is 4.90 Å². The van der Waals surface area contributed by atoms with Gasteiger partial charge in [0.05, 0.1) is 0 Å². The first-order valence-corrected chi connectivity index (χ1v) is 6.27. The molecule has 86 valence electrons. The van der Waals surface area contributed by atoms with Crippen LogP contribution in [0.15, 0.2) is 22.7 Å². The molecule has 1 aromatic carbocycles. The molecule has 0 radical (unpaired) electrons. The number of nitrogen functional groups attached to an aromatic ring is 1. The first-order valence-electron chi connectivity index (χ1n) is 5.48. The molecule has 4 heteroatoms. The van der Waals surface area contributed by atoms with E-state index in [1.165, 1.54) is 0 Å². The van der Waals surface area contributed by atoms with E-state index in [2.05, 4.69) is 15.9 Å². The van der Waals surface area contributed by atoms with Crippen LogP contribution >= 0.6 is 15.9 Å². The second-order valence-electron chi connectivity index (χ2n) is 4.17. The predicted molar refractivity (Wildman–Crippen MR) is 67.8 cm³/mol. The monoisotopic (exact) mass is 282 g/mol. The van der Waals surface area contributed by atoms with Gasteiger partial charge in [0, 0.05) is 29.7 Å². The summed E-state index contributed by atoms with van der Waals surface area (Å²) < 4.78 is 0.965. The summed E-state index contributed by atoms with van der Waals surface area (Å²) >= 11 is 3.41. The zero-order chi connectivity index (χ0) is 11.5. The Bertz CT molecular complexity index is 386. The third-order valence-corrected chi connectivity index (χ3v) is 3.23. The number of halogens is 1. The van der Waals surface area contributed by atoms with Crippen LogP contribution in [0.2, 0.25) is 0 Å². The van der Waals surface area contributed by atoms with Crippen LogP contribution in [0.1, 0.15) is 24.8 Å². The fourth-order valence-corrected chi connectivity index (χ4v) is 2.57. The Morgan fingerprint density at radius 2 is 2.12 bits per heavy atom. The van der Waals surface area contributed by atoms with Crippen LogP contribution in [-0.2, 0) is 11.3 Å². The summed E-state index contributed by atoms with van der Waals surface area (Å²) in [5.74, 6) is 0.254. The Kier molecular flexibility index (Phi) is 3.49. The van der Waals surface area contributed by atoms with Gasteiger partial charge in [-0.25, -0.2) is 0 Å². The molecular formula is C12H15BrN2O. The quantitative estimate of drug-likeness (QED) is 0.848. The molecule has 0 saturated carbocycles. The van der Waals surface area contributed by atoms with Gasteiger partial charge in [-0.05, 0) is 36.6 Å². The van der Waals surface area contributed by atoms with Crippen molar-refractivity contribution in [3.05, 3.63) is 28.2 Å². The van der Waals surface area contributed by atoms with Crippen molar-refractivity contribution >= 4 is 27.5 Å². The Balaban J connectivity index is 2.10. The van der Waals surface area contributed by atoms with Crippen molar-refractivity contribution < 1.29 is 4.79 Å². The number of amides is 1. The van der Waals surface area contributed by atoms with Crippen LogP contribution in [0.4, 0.5) is 5.69 Å². The van der Waals surface area contributed by atoms with Crippen molar-refractivity contribution in [2.75, 3.05) is 12.3 Å². The van der Waals surface area contributed by atoms with Crippen molar-refractivity contribution in [3.63, 3.8) is 0 Å². The molecule has 0 aliphatic carbocycles. The van der Waals surface area contributed by atoms with E-state index in [0.717, 1.165) is 35.1 Å². The molecule has 0 aromatic heterocycles. The molecule has 1 aliphatic rings. The molecule has 0 atom stereocenters. The van der Waals surface area contributed by atoms with Crippen LogP contribution < -0.4 is 5.73 Å². The number of hydrogen-bond acceptors (Lipinski definition) is 2. The van der Waals surface area contributed by atoms with Gasteiger partial charge in [-0.2, -0.15) is 0 Å². The Hall–Kier alpha value is -1.03. The molecule has 1 aliphatic heterocycles. The number of nitrogens with two attached hydrogens (primary N) is 1. The SMILES string of the molecule is Nc1cc(Br)cc(CN2CCCCC2=O)c1. The van der Waals surface area contributed by atoms with Gasteiger partial charge >= 0.3 is 0 Å². The van der Waals surface area contributed by atoms with Crippen LogP contribution in [0.5, 0.6) is 0 Å². The fourth-order valence-electron chi connectivity index (χ4n) is 2.02. The zero-order valence-corrected chi connectivity index (χ0v) is 10.7. The summed E-state index contributed by atoms with van der Waals surface area (Å²) in [6.07, 6.45) is 2.81. The molecule has 0 spiro atoms. The molecule has 0 bridgehead atoms. The lowest BCUT2D eigenvalue weighted by molar-refractivity contribution is -0.133. The molecule has 2 N–H and O–H groups in total. The summed E-state index contributed by atoms with van der Waals surface area (Å²) in [7, 11) is 0. The molecule has 1 amide bonds. The van der Waals surface area contributed by atoms with E-state index in [1.54, 1.807) is 0 Å². The highest BCUT2D eigenvalue weighted by molar-refractivity contribution is 9.10. The minimum absolute atomic E-state index is 0.254. The Morgan fingerprint density at radius 1 is 1.31 bits per heavy atom. The van der Waals surface area contributed by atoms with Crippen molar-refractivity contribution in [2.45, 2.75) is 25.8 Å². The van der Waals surface area contributed by atoms with E-state index in [-0.39, 0.29) is 5.91 Å². The maximum atomic E-state index is 11.7. The van der Waals surface area contributed by atoms with Crippen LogP contribution in [-0.4, -0.2) is 17.4 Å². The van der Waals surface area contributed by atoms with Gasteiger partial charge in [-0.1, -0.05) is 15.9 Å². The lowest BCUT2D eigenvalue weighted by Crippen LogP contribution is -2.34. The first kappa shape index (κ1) is 11.5. The topological polar surface area (TPSA) is 46.3 Å². The van der Waals surface area contributed by atoms with Gasteiger partial charge in [0.1, 0.15) is 0 Å². The van der Waals surface area contributed by atoms with Gasteiger partial charge in [0.15, 0.2) is 0 Å². The summed E-state index contributed by atoms with van der Waals surface area (Å²) in [5, 5.41) is 0. The number of anilines is 1. The number of nitrogens with zero attached hydrogens (tertiary/aromatic N) is 1. The second kappa shape index (κ2) is 4.87. The number of likely N-dealkylation sites (tertiary alicyclic amines) is 1. The smallest absolute Gasteiger partial charge is 0.222 e. The van der Waals surface area contributed by atoms with E-state index in [1.807, 2.05) is 23.1 Å². The predicted octanol–water partition coefficient (Wildman–Crippen LogP) is 2.54. The van der Waals surface area contributed by atoms with Crippen LogP contribution in [0, 0.1) is 0 Å². The number of piperidine rings is 1. The Morgan fingerprint density at radius 3 is 2.81 bits per heavy atom. The molecular weight excluding hydrogens is 268 g/mol. The highest BCUT2D eigenvalue weighted by Gasteiger charge is 2.17. The van der Waals surface area contributed by atoms with E-state index >= 15 is 0 Å². The highest BCUT2D eigenvalue weighted by Crippen LogP contribution is 2.20. The van der Waals surface area contributed by atoms with Crippen molar-refractivity contribution in [1.29, 1.82) is 0 Å². The molecule has 0 unspecified atom stereocenters. The number of benzene rings is 1. The fraction of sp³-hybridized carbons (Fsp3) is 0.417. The van der Waals surface area contributed by atoms with Crippen LogP contribution in [0.25, 0.3) is 0 Å². The van der Waals surface area contributed by atoms with Gasteiger partial charge in [-0.15, -0.1) is 0 Å². The van der Waals surface area contributed by atoms with Gasteiger partial charge in [0.25, 0.3) is 0 Å². The average molecular weight is 283 g/mol. The van der Waals surface area contributed by atoms with E-state index in [0.29, 0.717) is 13.0 Å². The maximum absolute atomic E-state index is 11.7. The second-order valence-corrected chi connectivity index (χ2v) is 5.08. The molecule has 1 aromatic rings. The first-order chi connectivity index (χ1) is 7.65. The minimum atomic E-state index is 0.254. The number of carbonyl (C=O) groups is 1. The zero-order valence-electron chi connectivity index (χ0n) is 9.08. The third-order valence-electron chi connectivity index (χ3n) is 2.77. The lowest BCUT2D eigenvalue weighted by Gasteiger charge is -2.26. The molecule has 2 rings (SSSR count). The summed E-state index contributed by atoms with van der Waals surface area (Å²) in [6.45, 7) is 1.54. The van der Waals surface area contributed by atoms with Crippen LogP contribution in [0.3, 0.4) is 0 Å². The molecule has 3 nitrogen and oxygen atoms in total. The summed E-state index contributed by atoms with van der Waals surface area (Å²) in [4.78, 5) is 13.6. The summed E-state index contributed by atoms with van der Waals surface area (Å²) in [6, 6.07) is 5.80. The minimum Gasteiger partial charge on any atom is -0.399 e. The normalized spacial score (nSPS) is 16.6. The third kappa shape index (κ3) is 2.76. The number of rotatable bonds is 2. The van der Waals surface area contributed by atoms with Gasteiger partial charge in [0.2, 0.25) is 5.91 Å². The van der Waals surface area contributed by atoms with Crippen molar-refractivity contribution in [2.24, 2.45) is 0 Å². The van der Waals surface area contributed by atoms with E-state index in [9.17, 15) is 4.79 Å². The molecule has 1 heterocycles. The average Bonchev–Trinajstić information content (AvgIpc) is 2.20. The number of hydrogen-bond donors (Lipinski definition) is 1. The van der Waals surface area contributed by atoms with Crippen molar-refractivity contribution in [3.8, 4) is 0 Å². The largest absolute Gasteiger partial charge is 0.399 e. The molecule has 16 heavy (non-hydrogen) atoms. The standard InChI is InChI=1S/C12H15BrN2O/c13-10-5-9(6-11(14)7-10)8-15-4-2-1-3-12(15)16/h5-7H,1-4,8,14H2. The highest BCUT2D eigenvalue weighted by atomic mass is 79.9. The Labute approximate surface area is 104 Å².